The number of para-hydroxylation sites is 1. The molecule has 0 amide bonds. The number of hydrogen-bond acceptors (Lipinski definition) is 2. The number of anilines is 1. The van der Waals surface area contributed by atoms with E-state index in [0.29, 0.717) is 13.0 Å². The number of halogens is 1. The molecule has 0 spiro atoms. The van der Waals surface area contributed by atoms with Crippen LogP contribution in [0.1, 0.15) is 25.7 Å². The molecular formula is C14H20FNO2. The number of carboxylic acid groups (broad SMARTS) is 1. The van der Waals surface area contributed by atoms with Crippen LogP contribution in [0.25, 0.3) is 0 Å². The molecule has 1 rings (SSSR count). The second-order valence-corrected chi connectivity index (χ2v) is 4.22. The molecule has 1 aromatic carbocycles. The highest BCUT2D eigenvalue weighted by atomic mass is 19.1. The highest BCUT2D eigenvalue weighted by Crippen LogP contribution is 2.14. The van der Waals surface area contributed by atoms with Gasteiger partial charge in [0.25, 0.3) is 0 Å². The van der Waals surface area contributed by atoms with Gasteiger partial charge in [-0.3, -0.25) is 9.18 Å². The third-order valence-electron chi connectivity index (χ3n) is 2.78. The summed E-state index contributed by atoms with van der Waals surface area (Å²) in [5.41, 5.74) is 1.03. The third kappa shape index (κ3) is 5.66. The fourth-order valence-corrected chi connectivity index (χ4v) is 1.81. The zero-order valence-corrected chi connectivity index (χ0v) is 10.5. The van der Waals surface area contributed by atoms with Gasteiger partial charge in [0.2, 0.25) is 0 Å². The lowest BCUT2D eigenvalue weighted by molar-refractivity contribution is -0.136. The maximum atomic E-state index is 12.0. The summed E-state index contributed by atoms with van der Waals surface area (Å²) >= 11 is 0. The Bertz CT molecular complexity index is 343. The van der Waals surface area contributed by atoms with E-state index in [4.69, 9.17) is 5.11 Å². The van der Waals surface area contributed by atoms with E-state index < -0.39 is 5.97 Å². The van der Waals surface area contributed by atoms with Gasteiger partial charge >= 0.3 is 5.97 Å². The van der Waals surface area contributed by atoms with Gasteiger partial charge in [0.1, 0.15) is 0 Å². The topological polar surface area (TPSA) is 40.5 Å². The highest BCUT2D eigenvalue weighted by Gasteiger charge is 2.07. The minimum atomic E-state index is -0.792. The number of unbranched alkanes of at least 4 members (excludes halogenated alkanes) is 2. The minimum Gasteiger partial charge on any atom is -0.481 e. The number of alkyl halides is 1. The lowest BCUT2D eigenvalue weighted by atomic mass is 10.2. The number of rotatable bonds is 9. The van der Waals surface area contributed by atoms with Crippen molar-refractivity contribution in [2.45, 2.75) is 25.7 Å². The normalized spacial score (nSPS) is 10.3. The van der Waals surface area contributed by atoms with Gasteiger partial charge < -0.3 is 10.0 Å². The lowest BCUT2D eigenvalue weighted by Crippen LogP contribution is -2.27. The second-order valence-electron chi connectivity index (χ2n) is 4.22. The zero-order chi connectivity index (χ0) is 13.2. The van der Waals surface area contributed by atoms with Gasteiger partial charge in [0.05, 0.1) is 13.1 Å². The minimum absolute atomic E-state index is 0.123. The van der Waals surface area contributed by atoms with Crippen molar-refractivity contribution in [3.63, 3.8) is 0 Å². The maximum absolute atomic E-state index is 12.0. The molecule has 0 aliphatic heterocycles. The average molecular weight is 253 g/mol. The molecule has 18 heavy (non-hydrogen) atoms. The first-order valence-electron chi connectivity index (χ1n) is 6.32. The molecular weight excluding hydrogens is 233 g/mol. The highest BCUT2D eigenvalue weighted by molar-refractivity contribution is 5.67. The summed E-state index contributed by atoms with van der Waals surface area (Å²) in [6.45, 7) is 0.993. The molecule has 0 saturated carbocycles. The Morgan fingerprint density at radius 1 is 1.11 bits per heavy atom. The van der Waals surface area contributed by atoms with Crippen LogP contribution >= 0.6 is 0 Å². The fourth-order valence-electron chi connectivity index (χ4n) is 1.81. The molecule has 0 unspecified atom stereocenters. The Hall–Kier alpha value is -1.58. The summed E-state index contributed by atoms with van der Waals surface area (Å²) < 4.78 is 12.0. The largest absolute Gasteiger partial charge is 0.481 e. The molecule has 0 radical (unpaired) electrons. The summed E-state index contributed by atoms with van der Waals surface area (Å²) in [6, 6.07) is 9.74. The quantitative estimate of drug-likeness (QED) is 0.687. The second kappa shape index (κ2) is 8.50. The predicted octanol–water partition coefficient (Wildman–Crippen LogP) is 3.11. The predicted molar refractivity (Wildman–Crippen MR) is 70.7 cm³/mol. The van der Waals surface area contributed by atoms with E-state index >= 15 is 0 Å². The van der Waals surface area contributed by atoms with Crippen molar-refractivity contribution in [3.05, 3.63) is 30.3 Å². The molecule has 0 saturated heterocycles. The van der Waals surface area contributed by atoms with Gasteiger partial charge in [-0.05, 0) is 31.4 Å². The van der Waals surface area contributed by atoms with Gasteiger partial charge in [-0.2, -0.15) is 0 Å². The number of carboxylic acids is 1. The molecule has 4 heteroatoms. The van der Waals surface area contributed by atoms with Crippen LogP contribution in [0.3, 0.4) is 0 Å². The molecule has 0 atom stereocenters. The monoisotopic (exact) mass is 253 g/mol. The van der Waals surface area contributed by atoms with Gasteiger partial charge in [-0.15, -0.1) is 0 Å². The molecule has 0 aliphatic carbocycles. The molecule has 0 aliphatic rings. The van der Waals surface area contributed by atoms with E-state index in [2.05, 4.69) is 0 Å². The van der Waals surface area contributed by atoms with Gasteiger partial charge in [-0.25, -0.2) is 0 Å². The van der Waals surface area contributed by atoms with E-state index in [-0.39, 0.29) is 13.1 Å². The Kier molecular flexibility index (Phi) is 6.84. The van der Waals surface area contributed by atoms with Crippen LogP contribution in [0.15, 0.2) is 30.3 Å². The fraction of sp³-hybridized carbons (Fsp3) is 0.500. The van der Waals surface area contributed by atoms with E-state index in [1.165, 1.54) is 0 Å². The number of nitrogens with zero attached hydrogens (tertiary/aromatic N) is 1. The molecule has 0 aromatic heterocycles. The van der Waals surface area contributed by atoms with E-state index in [0.717, 1.165) is 25.1 Å². The molecule has 0 bridgehead atoms. The number of aliphatic carboxylic acids is 1. The maximum Gasteiger partial charge on any atom is 0.305 e. The van der Waals surface area contributed by atoms with Gasteiger partial charge in [-0.1, -0.05) is 18.2 Å². The van der Waals surface area contributed by atoms with Crippen LogP contribution in [-0.2, 0) is 4.79 Å². The number of benzene rings is 1. The molecule has 3 nitrogen and oxygen atoms in total. The summed E-state index contributed by atoms with van der Waals surface area (Å²) in [7, 11) is 0. The summed E-state index contributed by atoms with van der Waals surface area (Å²) in [5, 5.41) is 8.74. The standard InChI is InChI=1S/C14H20FNO2/c15-10-5-2-6-11-16(12-9-14(17)18)13-7-3-1-4-8-13/h1,3-4,7-8H,2,5-6,9-12H2,(H,17,18). The van der Waals surface area contributed by atoms with Crippen molar-refractivity contribution >= 4 is 11.7 Å². The Balaban J connectivity index is 2.49. The lowest BCUT2D eigenvalue weighted by Gasteiger charge is -2.24. The zero-order valence-electron chi connectivity index (χ0n) is 10.5. The van der Waals surface area contributed by atoms with Crippen LogP contribution in [0.5, 0.6) is 0 Å². The van der Waals surface area contributed by atoms with Gasteiger partial charge in [0.15, 0.2) is 0 Å². The number of carbonyl (C=O) groups is 1. The number of hydrogen-bond donors (Lipinski definition) is 1. The SMILES string of the molecule is O=C(O)CCN(CCCCCF)c1ccccc1. The molecule has 1 N–H and O–H groups in total. The van der Waals surface area contributed by atoms with Crippen molar-refractivity contribution in [1.82, 2.24) is 0 Å². The molecule has 1 aromatic rings. The van der Waals surface area contributed by atoms with Crippen molar-refractivity contribution in [2.75, 3.05) is 24.7 Å². The summed E-state index contributed by atoms with van der Waals surface area (Å²) in [6.07, 6.45) is 2.44. The Labute approximate surface area is 107 Å². The van der Waals surface area contributed by atoms with E-state index in [1.54, 1.807) is 0 Å². The first-order chi connectivity index (χ1) is 8.74. The third-order valence-corrected chi connectivity index (χ3v) is 2.78. The van der Waals surface area contributed by atoms with Crippen molar-refractivity contribution in [3.8, 4) is 0 Å². The van der Waals surface area contributed by atoms with E-state index in [1.807, 2.05) is 35.2 Å². The molecule has 0 heterocycles. The van der Waals surface area contributed by atoms with Crippen molar-refractivity contribution in [1.29, 1.82) is 0 Å². The van der Waals surface area contributed by atoms with Crippen LogP contribution in [-0.4, -0.2) is 30.8 Å². The van der Waals surface area contributed by atoms with Crippen LogP contribution < -0.4 is 4.90 Å². The molecule has 100 valence electrons. The van der Waals surface area contributed by atoms with Crippen LogP contribution in [0.4, 0.5) is 10.1 Å². The smallest absolute Gasteiger partial charge is 0.305 e. The van der Waals surface area contributed by atoms with Crippen molar-refractivity contribution < 1.29 is 14.3 Å². The van der Waals surface area contributed by atoms with Gasteiger partial charge in [0, 0.05) is 18.8 Å². The average Bonchev–Trinajstić information content (AvgIpc) is 2.38. The summed E-state index contributed by atoms with van der Waals surface area (Å²) in [5.74, 6) is -0.792. The first kappa shape index (κ1) is 14.5. The van der Waals surface area contributed by atoms with Crippen LogP contribution in [0, 0.1) is 0 Å². The van der Waals surface area contributed by atoms with Crippen molar-refractivity contribution in [2.24, 2.45) is 0 Å². The summed E-state index contributed by atoms with van der Waals surface area (Å²) in [4.78, 5) is 12.7. The molecule has 0 fully saturated rings. The first-order valence-corrected chi connectivity index (χ1v) is 6.32. The van der Waals surface area contributed by atoms with E-state index in [9.17, 15) is 9.18 Å². The Morgan fingerprint density at radius 2 is 1.83 bits per heavy atom. The van der Waals surface area contributed by atoms with Crippen LogP contribution in [0.2, 0.25) is 0 Å². The Morgan fingerprint density at radius 3 is 2.44 bits per heavy atom.